The van der Waals surface area contributed by atoms with Crippen LogP contribution in [0.15, 0.2) is 28.4 Å². The van der Waals surface area contributed by atoms with Gasteiger partial charge in [-0.3, -0.25) is 4.99 Å². The molecule has 0 radical (unpaired) electrons. The van der Waals surface area contributed by atoms with Crippen LogP contribution in [0.5, 0.6) is 0 Å². The van der Waals surface area contributed by atoms with E-state index in [9.17, 15) is 4.39 Å². The van der Waals surface area contributed by atoms with Crippen LogP contribution in [0.4, 0.5) is 4.39 Å². The number of nitrogens with one attached hydrogen (secondary N) is 1. The van der Waals surface area contributed by atoms with E-state index in [1.54, 1.807) is 0 Å². The van der Waals surface area contributed by atoms with Gasteiger partial charge in [-0.25, -0.2) is 4.39 Å². The molecule has 0 fully saturated rings. The van der Waals surface area contributed by atoms with Gasteiger partial charge in [0.25, 0.3) is 0 Å². The highest BCUT2D eigenvalue weighted by atomic mass is 19.1. The Morgan fingerprint density at radius 3 is 3.00 bits per heavy atom. The highest BCUT2D eigenvalue weighted by molar-refractivity contribution is 5.61. The van der Waals surface area contributed by atoms with E-state index in [-0.39, 0.29) is 0 Å². The highest BCUT2D eigenvalue weighted by Gasteiger charge is 2.10. The molecule has 0 saturated carbocycles. The lowest BCUT2D eigenvalue weighted by Gasteiger charge is -2.24. The third kappa shape index (κ3) is 4.69. The van der Waals surface area contributed by atoms with Crippen molar-refractivity contribution in [2.24, 2.45) is 4.99 Å². The summed E-state index contributed by atoms with van der Waals surface area (Å²) in [4.78, 5) is 6.28. The van der Waals surface area contributed by atoms with E-state index in [0.717, 1.165) is 37.2 Å². The maximum Gasteiger partial charge on any atom is 0.116 e. The lowest BCUT2D eigenvalue weighted by molar-refractivity contribution is 0.400. The molecule has 1 N–H and O–H groups in total. The minimum absolute atomic E-state index is 0.419. The predicted octanol–water partition coefficient (Wildman–Crippen LogP) is 1.78. The van der Waals surface area contributed by atoms with E-state index in [1.807, 2.05) is 32.5 Å². The average Bonchev–Trinajstić information content (AvgIpc) is 2.29. The van der Waals surface area contributed by atoms with Crippen molar-refractivity contribution < 1.29 is 4.39 Å². The Bertz CT molecular complexity index is 308. The zero-order valence-electron chi connectivity index (χ0n) is 10.7. The van der Waals surface area contributed by atoms with Crippen molar-refractivity contribution in [2.75, 3.05) is 40.4 Å². The molecule has 0 bridgehead atoms. The summed E-state index contributed by atoms with van der Waals surface area (Å²) in [5, 5.41) is 3.12. The van der Waals surface area contributed by atoms with Gasteiger partial charge in [-0.2, -0.15) is 0 Å². The van der Waals surface area contributed by atoms with Crippen molar-refractivity contribution in [3.63, 3.8) is 0 Å². The monoisotopic (exact) mass is 239 g/mol. The Kier molecular flexibility index (Phi) is 6.55. The molecule has 0 spiro atoms. The van der Waals surface area contributed by atoms with Crippen LogP contribution in [-0.2, 0) is 0 Å². The van der Waals surface area contributed by atoms with Crippen molar-refractivity contribution >= 4 is 6.21 Å². The topological polar surface area (TPSA) is 27.6 Å². The Labute approximate surface area is 103 Å². The maximum atomic E-state index is 13.0. The van der Waals surface area contributed by atoms with Crippen molar-refractivity contribution in [2.45, 2.75) is 12.8 Å². The summed E-state index contributed by atoms with van der Waals surface area (Å²) < 4.78 is 13.0. The largest absolute Gasteiger partial charge is 0.375 e. The van der Waals surface area contributed by atoms with Gasteiger partial charge in [0, 0.05) is 37.5 Å². The fourth-order valence-electron chi connectivity index (χ4n) is 1.85. The number of alkyl halides is 1. The number of likely N-dealkylation sites (N-methyl/N-ethyl adjacent to an activating group) is 1. The first kappa shape index (κ1) is 13.9. The summed E-state index contributed by atoms with van der Waals surface area (Å²) in [5.74, 6) is 0. The second-order valence-electron chi connectivity index (χ2n) is 4.11. The third-order valence-corrected chi connectivity index (χ3v) is 2.79. The first-order valence-corrected chi connectivity index (χ1v) is 6.09. The summed E-state index contributed by atoms with van der Waals surface area (Å²) >= 11 is 0. The summed E-state index contributed by atoms with van der Waals surface area (Å²) in [6.07, 6.45) is 7.64. The number of hydrogen-bond acceptors (Lipinski definition) is 3. The van der Waals surface area contributed by atoms with Crippen LogP contribution in [-0.4, -0.2) is 51.5 Å². The molecule has 0 saturated heterocycles. The predicted molar refractivity (Wildman–Crippen MR) is 71.3 cm³/mol. The lowest BCUT2D eigenvalue weighted by atomic mass is 10.1. The Morgan fingerprint density at radius 1 is 1.47 bits per heavy atom. The van der Waals surface area contributed by atoms with Gasteiger partial charge < -0.3 is 10.2 Å². The van der Waals surface area contributed by atoms with Crippen LogP contribution in [0.2, 0.25) is 0 Å². The Balaban J connectivity index is 2.66. The molecule has 0 amide bonds. The number of halogens is 1. The maximum absolute atomic E-state index is 13.0. The van der Waals surface area contributed by atoms with Gasteiger partial charge >= 0.3 is 0 Å². The van der Waals surface area contributed by atoms with E-state index >= 15 is 0 Å². The Morgan fingerprint density at radius 2 is 2.29 bits per heavy atom. The van der Waals surface area contributed by atoms with E-state index in [0.29, 0.717) is 6.54 Å². The molecule has 0 unspecified atom stereocenters. The van der Waals surface area contributed by atoms with Gasteiger partial charge in [0.15, 0.2) is 0 Å². The molecular formula is C13H22FN3. The first-order valence-electron chi connectivity index (χ1n) is 6.09. The molecule has 1 aliphatic heterocycles. The zero-order chi connectivity index (χ0) is 12.5. The van der Waals surface area contributed by atoms with Gasteiger partial charge in [0.05, 0.1) is 6.54 Å². The van der Waals surface area contributed by atoms with Crippen LogP contribution in [0.25, 0.3) is 0 Å². The van der Waals surface area contributed by atoms with Crippen LogP contribution >= 0.6 is 0 Å². The van der Waals surface area contributed by atoms with Crippen molar-refractivity contribution in [1.82, 2.24) is 10.2 Å². The molecule has 1 heterocycles. The third-order valence-electron chi connectivity index (χ3n) is 2.79. The van der Waals surface area contributed by atoms with Gasteiger partial charge in [-0.1, -0.05) is 12.2 Å². The molecule has 0 aromatic carbocycles. The van der Waals surface area contributed by atoms with Crippen LogP contribution in [0.3, 0.4) is 0 Å². The molecule has 0 aromatic rings. The van der Waals surface area contributed by atoms with Crippen LogP contribution < -0.4 is 5.32 Å². The lowest BCUT2D eigenvalue weighted by Crippen LogP contribution is -2.24. The highest BCUT2D eigenvalue weighted by Crippen LogP contribution is 2.16. The fraction of sp³-hybridized carbons (Fsp3) is 0.615. The van der Waals surface area contributed by atoms with E-state index in [4.69, 9.17) is 0 Å². The molecule has 3 nitrogen and oxygen atoms in total. The molecule has 17 heavy (non-hydrogen) atoms. The van der Waals surface area contributed by atoms with Crippen LogP contribution in [0, 0.1) is 0 Å². The average molecular weight is 239 g/mol. The number of hydrogen-bond donors (Lipinski definition) is 1. The molecule has 4 heteroatoms. The number of rotatable bonds is 6. The summed E-state index contributed by atoms with van der Waals surface area (Å²) in [6.45, 7) is 2.08. The van der Waals surface area contributed by atoms with E-state index in [1.165, 1.54) is 0 Å². The molecule has 1 rings (SSSR count). The molecule has 0 aromatic heterocycles. The molecular weight excluding hydrogens is 217 g/mol. The van der Waals surface area contributed by atoms with Gasteiger partial charge in [-0.05, 0) is 20.0 Å². The van der Waals surface area contributed by atoms with Crippen molar-refractivity contribution in [3.05, 3.63) is 23.4 Å². The summed E-state index contributed by atoms with van der Waals surface area (Å²) in [6, 6.07) is 0. The van der Waals surface area contributed by atoms with Crippen LogP contribution in [0.1, 0.15) is 12.8 Å². The minimum atomic E-state index is -0.419. The number of aliphatic imine (C=N–C) groups is 1. The van der Waals surface area contributed by atoms with E-state index in [2.05, 4.69) is 15.2 Å². The Hall–Kier alpha value is -1.16. The molecule has 96 valence electrons. The van der Waals surface area contributed by atoms with Gasteiger partial charge in [-0.15, -0.1) is 0 Å². The number of allylic oxidation sites excluding steroid dienone is 2. The van der Waals surface area contributed by atoms with Crippen molar-refractivity contribution in [1.29, 1.82) is 0 Å². The quantitative estimate of drug-likeness (QED) is 0.716. The second-order valence-corrected chi connectivity index (χ2v) is 4.11. The smallest absolute Gasteiger partial charge is 0.116 e. The van der Waals surface area contributed by atoms with E-state index < -0.39 is 6.67 Å². The number of nitrogens with zero attached hydrogens (tertiary/aromatic N) is 2. The minimum Gasteiger partial charge on any atom is -0.375 e. The zero-order valence-corrected chi connectivity index (χ0v) is 10.7. The molecule has 0 atom stereocenters. The summed E-state index contributed by atoms with van der Waals surface area (Å²) in [7, 11) is 3.96. The fourth-order valence-corrected chi connectivity index (χ4v) is 1.85. The van der Waals surface area contributed by atoms with Gasteiger partial charge in [0.1, 0.15) is 6.67 Å². The SMILES string of the molecule is CNCCCN(C)C1=C/C/C=N\C/C=C\1CF. The molecule has 1 aliphatic rings. The van der Waals surface area contributed by atoms with Gasteiger partial charge in [0.2, 0.25) is 0 Å². The molecule has 0 aliphatic carbocycles. The van der Waals surface area contributed by atoms with Crippen molar-refractivity contribution in [3.8, 4) is 0 Å². The normalized spacial score (nSPS) is 23.9. The first-order chi connectivity index (χ1) is 8.29. The standard InChI is InChI=1S/C13H22FN3/c1-15-7-4-10-17(2)13-5-3-8-16-9-6-12(13)11-14/h5-6,8,15H,3-4,7,9-11H2,1-2H3/b12-6-,13-5+,16-8-. The second kappa shape index (κ2) is 8.01. The summed E-state index contributed by atoms with van der Waals surface area (Å²) in [5.41, 5.74) is 1.77.